The molecule has 134 valence electrons. The van der Waals surface area contributed by atoms with E-state index in [1.54, 1.807) is 12.1 Å². The lowest BCUT2D eigenvalue weighted by Gasteiger charge is -2.10. The summed E-state index contributed by atoms with van der Waals surface area (Å²) in [5.41, 5.74) is 4.40. The van der Waals surface area contributed by atoms with Gasteiger partial charge in [0.15, 0.2) is 5.76 Å². The van der Waals surface area contributed by atoms with Gasteiger partial charge in [-0.25, -0.2) is 0 Å². The number of aromatic nitrogens is 1. The molecule has 1 aliphatic carbocycles. The zero-order valence-corrected chi connectivity index (χ0v) is 14.4. The fourth-order valence-electron chi connectivity index (χ4n) is 3.50. The van der Waals surface area contributed by atoms with Gasteiger partial charge in [-0.15, -0.1) is 0 Å². The molecule has 26 heavy (non-hydrogen) atoms. The summed E-state index contributed by atoms with van der Waals surface area (Å²) in [6.07, 6.45) is 6.02. The first kappa shape index (κ1) is 16.4. The third-order valence-corrected chi connectivity index (χ3v) is 4.80. The molecule has 6 heteroatoms. The largest absolute Gasteiger partial charge is 0.459 e. The lowest BCUT2D eigenvalue weighted by Crippen LogP contribution is -2.34. The number of aromatic amines is 1. The van der Waals surface area contributed by atoms with Gasteiger partial charge in [0.2, 0.25) is 0 Å². The molecular formula is C20H21N3O3. The minimum absolute atomic E-state index is 0.134. The predicted octanol–water partition coefficient (Wildman–Crippen LogP) is 2.80. The average molecular weight is 351 g/mol. The van der Waals surface area contributed by atoms with Gasteiger partial charge < -0.3 is 20.0 Å². The minimum atomic E-state index is -0.287. The molecule has 0 aliphatic heterocycles. The second-order valence-corrected chi connectivity index (χ2v) is 6.54. The van der Waals surface area contributed by atoms with Crippen LogP contribution in [0.15, 0.2) is 41.0 Å². The Morgan fingerprint density at radius 3 is 2.65 bits per heavy atom. The number of hydrogen-bond donors (Lipinski definition) is 3. The van der Waals surface area contributed by atoms with Crippen molar-refractivity contribution in [3.63, 3.8) is 0 Å². The molecule has 1 aliphatic rings. The van der Waals surface area contributed by atoms with Crippen LogP contribution in [0.5, 0.6) is 0 Å². The topological polar surface area (TPSA) is 87.1 Å². The van der Waals surface area contributed by atoms with Crippen molar-refractivity contribution in [2.45, 2.75) is 25.7 Å². The van der Waals surface area contributed by atoms with Crippen LogP contribution in [0.4, 0.5) is 0 Å². The van der Waals surface area contributed by atoms with E-state index in [9.17, 15) is 9.59 Å². The predicted molar refractivity (Wildman–Crippen MR) is 98.3 cm³/mol. The molecule has 2 aromatic heterocycles. The molecule has 3 aromatic rings. The SMILES string of the molecule is O=C(NCCNC(=O)c1ccco1)c1ccc2[nH]c3c(c2c1)CCCC3. The highest BCUT2D eigenvalue weighted by molar-refractivity contribution is 5.99. The summed E-state index contributed by atoms with van der Waals surface area (Å²) in [6.45, 7) is 0.696. The van der Waals surface area contributed by atoms with Crippen LogP contribution < -0.4 is 10.6 Å². The molecule has 0 spiro atoms. The van der Waals surface area contributed by atoms with Crippen LogP contribution in [0.3, 0.4) is 0 Å². The van der Waals surface area contributed by atoms with Gasteiger partial charge in [-0.2, -0.15) is 0 Å². The summed E-state index contributed by atoms with van der Waals surface area (Å²) in [6, 6.07) is 9.03. The monoisotopic (exact) mass is 351 g/mol. The number of aryl methyl sites for hydroxylation is 2. The van der Waals surface area contributed by atoms with Crippen molar-refractivity contribution in [3.05, 3.63) is 59.2 Å². The lowest BCUT2D eigenvalue weighted by atomic mass is 9.95. The van der Waals surface area contributed by atoms with Crippen LogP contribution >= 0.6 is 0 Å². The van der Waals surface area contributed by atoms with Gasteiger partial charge in [-0.1, -0.05) is 0 Å². The van der Waals surface area contributed by atoms with E-state index in [0.717, 1.165) is 23.7 Å². The van der Waals surface area contributed by atoms with E-state index in [0.29, 0.717) is 18.7 Å². The van der Waals surface area contributed by atoms with E-state index in [2.05, 4.69) is 15.6 Å². The molecule has 6 nitrogen and oxygen atoms in total. The molecule has 2 heterocycles. The van der Waals surface area contributed by atoms with Crippen molar-refractivity contribution in [2.24, 2.45) is 0 Å². The second-order valence-electron chi connectivity index (χ2n) is 6.54. The quantitative estimate of drug-likeness (QED) is 0.618. The third kappa shape index (κ3) is 3.22. The van der Waals surface area contributed by atoms with Gasteiger partial charge in [-0.05, 0) is 61.6 Å². The van der Waals surface area contributed by atoms with Gasteiger partial charge in [0.1, 0.15) is 0 Å². The van der Waals surface area contributed by atoms with Crippen LogP contribution in [0.1, 0.15) is 45.0 Å². The molecule has 3 N–H and O–H groups in total. The molecule has 0 unspecified atom stereocenters. The average Bonchev–Trinajstić information content (AvgIpc) is 3.32. The van der Waals surface area contributed by atoms with E-state index in [4.69, 9.17) is 4.42 Å². The number of carbonyl (C=O) groups is 2. The third-order valence-electron chi connectivity index (χ3n) is 4.80. The van der Waals surface area contributed by atoms with Crippen LogP contribution in [0.25, 0.3) is 10.9 Å². The summed E-state index contributed by atoms with van der Waals surface area (Å²) < 4.78 is 5.02. The number of H-pyrrole nitrogens is 1. The number of benzene rings is 1. The zero-order valence-electron chi connectivity index (χ0n) is 14.4. The van der Waals surface area contributed by atoms with Crippen molar-refractivity contribution in [3.8, 4) is 0 Å². The van der Waals surface area contributed by atoms with Gasteiger partial charge in [-0.3, -0.25) is 9.59 Å². The Bertz CT molecular complexity index is 941. The molecular weight excluding hydrogens is 330 g/mol. The molecule has 0 fully saturated rings. The molecule has 1 aromatic carbocycles. The number of carbonyl (C=O) groups excluding carboxylic acids is 2. The van der Waals surface area contributed by atoms with Gasteiger partial charge in [0, 0.05) is 35.2 Å². The van der Waals surface area contributed by atoms with Gasteiger partial charge in [0.25, 0.3) is 11.8 Å². The van der Waals surface area contributed by atoms with Gasteiger partial charge >= 0.3 is 0 Å². The van der Waals surface area contributed by atoms with E-state index >= 15 is 0 Å². The standard InChI is InChI=1S/C20H21N3O3/c24-19(21-9-10-22-20(25)18-6-3-11-26-18)13-7-8-17-15(12-13)14-4-1-2-5-16(14)23-17/h3,6-8,11-12,23H,1-2,4-5,9-10H2,(H,21,24)(H,22,25). The number of rotatable bonds is 5. The Morgan fingerprint density at radius 1 is 1.04 bits per heavy atom. The molecule has 0 atom stereocenters. The summed E-state index contributed by atoms with van der Waals surface area (Å²) in [7, 11) is 0. The van der Waals surface area contributed by atoms with E-state index in [1.165, 1.54) is 30.4 Å². The Balaban J connectivity index is 1.36. The number of nitrogens with one attached hydrogen (secondary N) is 3. The highest BCUT2D eigenvalue weighted by Gasteiger charge is 2.16. The Hall–Kier alpha value is -3.02. The highest BCUT2D eigenvalue weighted by Crippen LogP contribution is 2.29. The normalized spacial score (nSPS) is 13.4. The van der Waals surface area contributed by atoms with Crippen LogP contribution in [0, 0.1) is 0 Å². The number of furan rings is 1. The summed E-state index contributed by atoms with van der Waals surface area (Å²) in [4.78, 5) is 27.6. The van der Waals surface area contributed by atoms with E-state index in [1.807, 2.05) is 18.2 Å². The first-order chi connectivity index (χ1) is 12.7. The fraction of sp³-hybridized carbons (Fsp3) is 0.300. The highest BCUT2D eigenvalue weighted by atomic mass is 16.3. The van der Waals surface area contributed by atoms with Crippen molar-refractivity contribution in [1.29, 1.82) is 0 Å². The molecule has 0 bridgehead atoms. The zero-order chi connectivity index (χ0) is 17.9. The van der Waals surface area contributed by atoms with Gasteiger partial charge in [0.05, 0.1) is 6.26 Å². The number of amides is 2. The molecule has 0 saturated carbocycles. The second kappa shape index (κ2) is 7.07. The molecule has 4 rings (SSSR count). The molecule has 0 saturated heterocycles. The molecule has 2 amide bonds. The summed E-state index contributed by atoms with van der Waals surface area (Å²) >= 11 is 0. The first-order valence-electron chi connectivity index (χ1n) is 8.96. The first-order valence-corrected chi connectivity index (χ1v) is 8.96. The van der Waals surface area contributed by atoms with Crippen molar-refractivity contribution in [2.75, 3.05) is 13.1 Å². The number of hydrogen-bond acceptors (Lipinski definition) is 3. The smallest absolute Gasteiger partial charge is 0.287 e. The number of fused-ring (bicyclic) bond motifs is 3. The van der Waals surface area contributed by atoms with Crippen LogP contribution in [0.2, 0.25) is 0 Å². The summed E-state index contributed by atoms with van der Waals surface area (Å²) in [5.74, 6) is -0.159. The molecule has 0 radical (unpaired) electrons. The Labute approximate surface area is 151 Å². The fourth-order valence-corrected chi connectivity index (χ4v) is 3.50. The van der Waals surface area contributed by atoms with Crippen molar-refractivity contribution >= 4 is 22.7 Å². The lowest BCUT2D eigenvalue weighted by molar-refractivity contribution is 0.0910. The van der Waals surface area contributed by atoms with E-state index < -0.39 is 0 Å². The van der Waals surface area contributed by atoms with Crippen LogP contribution in [-0.2, 0) is 12.8 Å². The van der Waals surface area contributed by atoms with Crippen LogP contribution in [-0.4, -0.2) is 29.9 Å². The minimum Gasteiger partial charge on any atom is -0.459 e. The maximum absolute atomic E-state index is 12.4. The maximum atomic E-state index is 12.4. The Kier molecular flexibility index (Phi) is 4.48. The Morgan fingerprint density at radius 2 is 1.85 bits per heavy atom. The van der Waals surface area contributed by atoms with Crippen molar-refractivity contribution in [1.82, 2.24) is 15.6 Å². The summed E-state index contributed by atoms with van der Waals surface area (Å²) in [5, 5.41) is 6.70. The van der Waals surface area contributed by atoms with E-state index in [-0.39, 0.29) is 17.6 Å². The maximum Gasteiger partial charge on any atom is 0.287 e. The van der Waals surface area contributed by atoms with Crippen molar-refractivity contribution < 1.29 is 14.0 Å².